The summed E-state index contributed by atoms with van der Waals surface area (Å²) in [6, 6.07) is 7.11. The number of hydrogen-bond donors (Lipinski definition) is 0. The summed E-state index contributed by atoms with van der Waals surface area (Å²) in [5.41, 5.74) is 0.913. The second-order valence-corrected chi connectivity index (χ2v) is 5.28. The summed E-state index contributed by atoms with van der Waals surface area (Å²) in [6.07, 6.45) is 0. The number of nitrogens with zero attached hydrogens (tertiary/aromatic N) is 1. The van der Waals surface area contributed by atoms with Gasteiger partial charge in [0.1, 0.15) is 5.75 Å². The number of benzene rings is 2. The van der Waals surface area contributed by atoms with E-state index >= 15 is 0 Å². The maximum absolute atomic E-state index is 13.9. The molecule has 0 radical (unpaired) electrons. The second kappa shape index (κ2) is 6.41. The van der Waals surface area contributed by atoms with E-state index in [1.54, 1.807) is 18.2 Å². The largest absolute Gasteiger partial charge is 0.454 e. The van der Waals surface area contributed by atoms with E-state index < -0.39 is 10.7 Å². The summed E-state index contributed by atoms with van der Waals surface area (Å²) >= 11 is 9.33. The van der Waals surface area contributed by atoms with Crippen LogP contribution in [0.4, 0.5) is 10.1 Å². The lowest BCUT2D eigenvalue weighted by molar-refractivity contribution is -0.385. The third kappa shape index (κ3) is 3.51. The number of nitro groups is 1. The molecule has 0 saturated heterocycles. The lowest BCUT2D eigenvalue weighted by atomic mass is 10.2. The van der Waals surface area contributed by atoms with Crippen molar-refractivity contribution in [2.45, 2.75) is 12.3 Å². The highest BCUT2D eigenvalue weighted by Crippen LogP contribution is 2.32. The molecule has 0 N–H and O–H groups in total. The van der Waals surface area contributed by atoms with Gasteiger partial charge >= 0.3 is 0 Å². The van der Waals surface area contributed by atoms with E-state index in [0.717, 1.165) is 11.6 Å². The van der Waals surface area contributed by atoms with Gasteiger partial charge < -0.3 is 4.74 Å². The van der Waals surface area contributed by atoms with Gasteiger partial charge in [-0.05, 0) is 30.7 Å². The van der Waals surface area contributed by atoms with Crippen molar-refractivity contribution in [3.63, 3.8) is 0 Å². The van der Waals surface area contributed by atoms with Crippen LogP contribution in [-0.2, 0) is 5.33 Å². The topological polar surface area (TPSA) is 52.4 Å². The zero-order chi connectivity index (χ0) is 15.6. The van der Waals surface area contributed by atoms with Crippen LogP contribution in [0.25, 0.3) is 0 Å². The molecular formula is C14H10BrClFNO3. The van der Waals surface area contributed by atoms with Crippen LogP contribution in [-0.4, -0.2) is 4.92 Å². The molecule has 4 nitrogen and oxygen atoms in total. The highest BCUT2D eigenvalue weighted by atomic mass is 79.9. The Hall–Kier alpha value is -1.66. The molecule has 2 aromatic carbocycles. The molecular weight excluding hydrogens is 365 g/mol. The molecule has 2 aromatic rings. The van der Waals surface area contributed by atoms with Crippen LogP contribution in [0.5, 0.6) is 11.5 Å². The fourth-order valence-electron chi connectivity index (χ4n) is 1.75. The van der Waals surface area contributed by atoms with Gasteiger partial charge in [0.25, 0.3) is 5.69 Å². The smallest absolute Gasteiger partial charge is 0.275 e. The maximum Gasteiger partial charge on any atom is 0.275 e. The van der Waals surface area contributed by atoms with E-state index in [9.17, 15) is 14.5 Å². The molecule has 0 unspecified atom stereocenters. The van der Waals surface area contributed by atoms with Crippen LogP contribution < -0.4 is 4.74 Å². The fraction of sp³-hybridized carbons (Fsp3) is 0.143. The van der Waals surface area contributed by atoms with Crippen LogP contribution in [0.1, 0.15) is 11.1 Å². The highest BCUT2D eigenvalue weighted by molar-refractivity contribution is 9.08. The first-order valence-corrected chi connectivity index (χ1v) is 7.39. The van der Waals surface area contributed by atoms with Gasteiger partial charge in [-0.3, -0.25) is 10.1 Å². The number of rotatable bonds is 4. The van der Waals surface area contributed by atoms with E-state index in [4.69, 9.17) is 16.3 Å². The number of nitro benzene ring substituents is 1. The Morgan fingerprint density at radius 2 is 2.10 bits per heavy atom. The lowest BCUT2D eigenvalue weighted by Gasteiger charge is -2.09. The van der Waals surface area contributed by atoms with Gasteiger partial charge in [0.15, 0.2) is 11.6 Å². The average Bonchev–Trinajstić information content (AvgIpc) is 2.42. The molecule has 0 aliphatic carbocycles. The van der Waals surface area contributed by atoms with Crippen molar-refractivity contribution >= 4 is 33.2 Å². The van der Waals surface area contributed by atoms with Gasteiger partial charge in [-0.1, -0.05) is 33.6 Å². The zero-order valence-corrected chi connectivity index (χ0v) is 13.2. The summed E-state index contributed by atoms with van der Waals surface area (Å²) in [4.78, 5) is 10.1. The van der Waals surface area contributed by atoms with Gasteiger partial charge in [0.05, 0.1) is 11.0 Å². The highest BCUT2D eigenvalue weighted by Gasteiger charge is 2.17. The second-order valence-electron chi connectivity index (χ2n) is 4.32. The van der Waals surface area contributed by atoms with Crippen LogP contribution >= 0.6 is 27.5 Å². The Morgan fingerprint density at radius 1 is 1.38 bits per heavy atom. The monoisotopic (exact) mass is 373 g/mol. The van der Waals surface area contributed by atoms with Crippen molar-refractivity contribution in [2.75, 3.05) is 0 Å². The van der Waals surface area contributed by atoms with E-state index in [-0.39, 0.29) is 11.4 Å². The molecule has 0 aliphatic heterocycles. The van der Waals surface area contributed by atoms with E-state index in [1.165, 1.54) is 13.0 Å². The summed E-state index contributed by atoms with van der Waals surface area (Å²) < 4.78 is 19.3. The van der Waals surface area contributed by atoms with Gasteiger partial charge in [0, 0.05) is 15.9 Å². The molecule has 110 valence electrons. The molecule has 7 heteroatoms. The third-order valence-corrected chi connectivity index (χ3v) is 3.80. The minimum absolute atomic E-state index is 0.0826. The normalized spacial score (nSPS) is 10.5. The first-order valence-electron chi connectivity index (χ1n) is 5.89. The van der Waals surface area contributed by atoms with Crippen LogP contribution in [0, 0.1) is 22.9 Å². The minimum Gasteiger partial charge on any atom is -0.454 e. The summed E-state index contributed by atoms with van der Waals surface area (Å²) in [6.45, 7) is 1.52. The Balaban J connectivity index is 2.34. The van der Waals surface area contributed by atoms with Crippen molar-refractivity contribution < 1.29 is 14.1 Å². The first kappa shape index (κ1) is 15.7. The predicted octanol–water partition coefficient (Wildman–Crippen LogP) is 5.38. The number of halogens is 3. The summed E-state index contributed by atoms with van der Waals surface area (Å²) in [5.74, 6) is -0.523. The van der Waals surface area contributed by atoms with Crippen molar-refractivity contribution in [1.29, 1.82) is 0 Å². The van der Waals surface area contributed by atoms with E-state index in [0.29, 0.717) is 21.7 Å². The lowest BCUT2D eigenvalue weighted by Crippen LogP contribution is -1.96. The third-order valence-electron chi connectivity index (χ3n) is 2.84. The van der Waals surface area contributed by atoms with E-state index in [2.05, 4.69) is 15.9 Å². The predicted molar refractivity (Wildman–Crippen MR) is 81.9 cm³/mol. The molecule has 0 aromatic heterocycles. The Labute approximate surface area is 133 Å². The molecule has 0 heterocycles. The van der Waals surface area contributed by atoms with Gasteiger partial charge in [-0.15, -0.1) is 0 Å². The Bertz CT molecular complexity index is 709. The summed E-state index contributed by atoms with van der Waals surface area (Å²) in [5, 5.41) is 11.8. The van der Waals surface area contributed by atoms with Crippen molar-refractivity contribution in [2.24, 2.45) is 0 Å². The van der Waals surface area contributed by atoms with Gasteiger partial charge in [-0.2, -0.15) is 0 Å². The zero-order valence-electron chi connectivity index (χ0n) is 10.9. The quantitative estimate of drug-likeness (QED) is 0.410. The molecule has 21 heavy (non-hydrogen) atoms. The van der Waals surface area contributed by atoms with Crippen LogP contribution in [0.15, 0.2) is 30.3 Å². The number of hydrogen-bond acceptors (Lipinski definition) is 3. The summed E-state index contributed by atoms with van der Waals surface area (Å²) in [7, 11) is 0. The molecule has 0 amide bonds. The number of ether oxygens (including phenoxy) is 1. The standard InChI is InChI=1S/C14H10BrClFNO3/c1-8-4-14(12(17)6-13(8)18(19)20)21-10-3-2-9(7-15)11(16)5-10/h2-6H,7H2,1H3. The van der Waals surface area contributed by atoms with Crippen molar-refractivity contribution in [3.05, 3.63) is 62.4 Å². The molecule has 0 fully saturated rings. The molecule has 2 rings (SSSR count). The van der Waals surface area contributed by atoms with Crippen molar-refractivity contribution in [1.82, 2.24) is 0 Å². The first-order chi connectivity index (χ1) is 9.92. The van der Waals surface area contributed by atoms with Crippen LogP contribution in [0.2, 0.25) is 5.02 Å². The van der Waals surface area contributed by atoms with Crippen molar-refractivity contribution in [3.8, 4) is 11.5 Å². The molecule has 0 bridgehead atoms. The molecule has 0 spiro atoms. The number of alkyl halides is 1. The molecule has 0 aliphatic rings. The van der Waals surface area contributed by atoms with Gasteiger partial charge in [0.2, 0.25) is 0 Å². The average molecular weight is 375 g/mol. The minimum atomic E-state index is -0.798. The fourth-order valence-corrected chi connectivity index (χ4v) is 2.63. The number of aryl methyl sites for hydroxylation is 1. The molecule has 0 saturated carbocycles. The van der Waals surface area contributed by atoms with Crippen LogP contribution in [0.3, 0.4) is 0 Å². The van der Waals surface area contributed by atoms with E-state index in [1.807, 2.05) is 0 Å². The maximum atomic E-state index is 13.9. The molecule has 0 atom stereocenters. The SMILES string of the molecule is Cc1cc(Oc2ccc(CBr)c(Cl)c2)c(F)cc1[N+](=O)[O-]. The Morgan fingerprint density at radius 3 is 2.67 bits per heavy atom. The Kier molecular flexibility index (Phi) is 4.80. The van der Waals surface area contributed by atoms with Gasteiger partial charge in [-0.25, -0.2) is 4.39 Å².